The molecule has 1 heterocycles. The second-order valence-corrected chi connectivity index (χ2v) is 7.23. The van der Waals surface area contributed by atoms with Crippen molar-refractivity contribution in [3.63, 3.8) is 0 Å². The minimum absolute atomic E-state index is 0.528. The van der Waals surface area contributed by atoms with E-state index in [0.29, 0.717) is 11.7 Å². The van der Waals surface area contributed by atoms with Gasteiger partial charge in [0.15, 0.2) is 5.11 Å². The largest absolute Gasteiger partial charge is 0.489 e. The Morgan fingerprint density at radius 3 is 2.55 bits per heavy atom. The molecule has 7 heteroatoms. The first-order valence-electron chi connectivity index (χ1n) is 9.86. The van der Waals surface area contributed by atoms with Crippen LogP contribution >= 0.6 is 12.2 Å². The van der Waals surface area contributed by atoms with Crippen molar-refractivity contribution in [3.05, 3.63) is 65.7 Å². The van der Waals surface area contributed by atoms with E-state index >= 15 is 0 Å². The maximum Gasteiger partial charge on any atom is 0.187 e. The molecule has 2 aromatic carbocycles. The maximum atomic E-state index is 5.82. The molecule has 1 fully saturated rings. The minimum atomic E-state index is 0.528. The topological polar surface area (TPSA) is 58.1 Å². The van der Waals surface area contributed by atoms with E-state index in [4.69, 9.17) is 21.7 Å². The van der Waals surface area contributed by atoms with Gasteiger partial charge in [-0.25, -0.2) is 0 Å². The van der Waals surface area contributed by atoms with E-state index in [2.05, 4.69) is 32.9 Å². The van der Waals surface area contributed by atoms with Gasteiger partial charge in [0, 0.05) is 26.2 Å². The van der Waals surface area contributed by atoms with E-state index in [9.17, 15) is 0 Å². The molecular weight excluding hydrogens is 384 g/mol. The number of benzene rings is 2. The molecule has 2 N–H and O–H groups in total. The van der Waals surface area contributed by atoms with Crippen molar-refractivity contribution in [1.29, 1.82) is 0 Å². The summed E-state index contributed by atoms with van der Waals surface area (Å²) in [6.45, 7) is 7.80. The van der Waals surface area contributed by atoms with Crippen LogP contribution in [0.25, 0.3) is 0 Å². The summed E-state index contributed by atoms with van der Waals surface area (Å²) >= 11 is 5.30. The number of nitrogens with zero attached hydrogens (tertiary/aromatic N) is 2. The third kappa shape index (κ3) is 7.45. The van der Waals surface area contributed by atoms with Crippen LogP contribution < -0.4 is 15.5 Å². The van der Waals surface area contributed by atoms with Crippen molar-refractivity contribution in [2.45, 2.75) is 13.5 Å². The van der Waals surface area contributed by atoms with E-state index in [1.54, 1.807) is 0 Å². The van der Waals surface area contributed by atoms with Crippen molar-refractivity contribution in [1.82, 2.24) is 15.6 Å². The number of rotatable bonds is 8. The quantitative estimate of drug-likeness (QED) is 0.395. The normalized spacial score (nSPS) is 15.0. The molecule has 0 aliphatic carbocycles. The van der Waals surface area contributed by atoms with Crippen LogP contribution in [0.15, 0.2) is 59.7 Å². The SMILES string of the molecule is C/C(=N/NC(=S)NCCN1CCOCC1)c1ccc(OCc2ccccc2)cc1. The van der Waals surface area contributed by atoms with Gasteiger partial charge < -0.3 is 14.8 Å². The molecule has 1 aliphatic rings. The van der Waals surface area contributed by atoms with Crippen molar-refractivity contribution >= 4 is 23.0 Å². The summed E-state index contributed by atoms with van der Waals surface area (Å²) in [7, 11) is 0. The van der Waals surface area contributed by atoms with Crippen LogP contribution in [0.4, 0.5) is 0 Å². The number of hydrogen-bond donors (Lipinski definition) is 2. The lowest BCUT2D eigenvalue weighted by atomic mass is 10.1. The van der Waals surface area contributed by atoms with E-state index in [1.165, 1.54) is 0 Å². The molecule has 0 radical (unpaired) electrons. The Balaban J connectivity index is 1.39. The first-order chi connectivity index (χ1) is 14.2. The number of nitrogens with one attached hydrogen (secondary N) is 2. The van der Waals surface area contributed by atoms with E-state index in [-0.39, 0.29) is 0 Å². The predicted octanol–water partition coefficient (Wildman–Crippen LogP) is 2.79. The molecule has 0 bridgehead atoms. The van der Waals surface area contributed by atoms with Crippen molar-refractivity contribution in [2.75, 3.05) is 39.4 Å². The summed E-state index contributed by atoms with van der Waals surface area (Å²) in [4.78, 5) is 2.36. The van der Waals surface area contributed by atoms with Gasteiger partial charge in [0.1, 0.15) is 12.4 Å². The first-order valence-corrected chi connectivity index (χ1v) is 10.3. The Morgan fingerprint density at radius 1 is 1.10 bits per heavy atom. The molecule has 0 saturated carbocycles. The highest BCUT2D eigenvalue weighted by Crippen LogP contribution is 2.14. The highest BCUT2D eigenvalue weighted by atomic mass is 32.1. The van der Waals surface area contributed by atoms with Gasteiger partial charge >= 0.3 is 0 Å². The highest BCUT2D eigenvalue weighted by molar-refractivity contribution is 7.80. The zero-order chi connectivity index (χ0) is 20.3. The van der Waals surface area contributed by atoms with Gasteiger partial charge in [-0.1, -0.05) is 30.3 Å². The van der Waals surface area contributed by atoms with E-state index in [0.717, 1.165) is 62.0 Å². The van der Waals surface area contributed by atoms with Crippen LogP contribution in [0.5, 0.6) is 5.75 Å². The molecule has 0 unspecified atom stereocenters. The van der Waals surface area contributed by atoms with Crippen molar-refractivity contribution in [2.24, 2.45) is 5.10 Å². The number of hydrazone groups is 1. The smallest absolute Gasteiger partial charge is 0.187 e. The molecule has 0 aromatic heterocycles. The predicted molar refractivity (Wildman–Crippen MR) is 120 cm³/mol. The lowest BCUT2D eigenvalue weighted by molar-refractivity contribution is 0.0389. The molecule has 1 saturated heterocycles. The zero-order valence-corrected chi connectivity index (χ0v) is 17.6. The summed E-state index contributed by atoms with van der Waals surface area (Å²) in [5.41, 5.74) is 5.93. The van der Waals surface area contributed by atoms with Crippen LogP contribution in [-0.2, 0) is 11.3 Å². The fourth-order valence-corrected chi connectivity index (χ4v) is 3.07. The standard InChI is InChI=1S/C22H28N4O2S/c1-18(24-25-22(29)23-11-12-26-13-15-27-16-14-26)20-7-9-21(10-8-20)28-17-19-5-3-2-4-6-19/h2-10H,11-17H2,1H3,(H2,23,25,29)/b24-18-. The van der Waals surface area contributed by atoms with Gasteiger partial charge in [-0.15, -0.1) is 0 Å². The molecule has 0 spiro atoms. The number of ether oxygens (including phenoxy) is 2. The average Bonchev–Trinajstić information content (AvgIpc) is 2.78. The summed E-state index contributed by atoms with van der Waals surface area (Å²) in [6, 6.07) is 18.0. The molecule has 6 nitrogen and oxygen atoms in total. The fraction of sp³-hybridized carbons (Fsp3) is 0.364. The Bertz CT molecular complexity index is 790. The second kappa shape index (κ2) is 11.5. The fourth-order valence-electron chi connectivity index (χ4n) is 2.92. The number of thiocarbonyl (C=S) groups is 1. The molecular formula is C22H28N4O2S. The van der Waals surface area contributed by atoms with Crippen molar-refractivity contribution < 1.29 is 9.47 Å². The van der Waals surface area contributed by atoms with Gasteiger partial charge in [-0.05, 0) is 54.5 Å². The van der Waals surface area contributed by atoms with Gasteiger partial charge in [0.2, 0.25) is 0 Å². The van der Waals surface area contributed by atoms with Crippen molar-refractivity contribution in [3.8, 4) is 5.75 Å². The highest BCUT2D eigenvalue weighted by Gasteiger charge is 2.09. The third-order valence-corrected chi connectivity index (χ3v) is 4.90. The Morgan fingerprint density at radius 2 is 1.83 bits per heavy atom. The lowest BCUT2D eigenvalue weighted by Crippen LogP contribution is -2.42. The van der Waals surface area contributed by atoms with Crippen LogP contribution in [0.3, 0.4) is 0 Å². The average molecular weight is 413 g/mol. The Labute approximate surface area is 177 Å². The molecule has 154 valence electrons. The summed E-state index contributed by atoms with van der Waals surface area (Å²) in [6.07, 6.45) is 0. The zero-order valence-electron chi connectivity index (χ0n) is 16.8. The summed E-state index contributed by atoms with van der Waals surface area (Å²) < 4.78 is 11.2. The second-order valence-electron chi connectivity index (χ2n) is 6.82. The van der Waals surface area contributed by atoms with Crippen LogP contribution in [0.2, 0.25) is 0 Å². The Kier molecular flexibility index (Phi) is 8.42. The lowest BCUT2D eigenvalue weighted by Gasteiger charge is -2.26. The monoisotopic (exact) mass is 412 g/mol. The van der Waals surface area contributed by atoms with E-state index in [1.807, 2.05) is 49.4 Å². The summed E-state index contributed by atoms with van der Waals surface area (Å²) in [5, 5.41) is 8.09. The van der Waals surface area contributed by atoms with Gasteiger partial charge in [0.25, 0.3) is 0 Å². The molecule has 1 aliphatic heterocycles. The van der Waals surface area contributed by atoms with Gasteiger partial charge in [0.05, 0.1) is 18.9 Å². The van der Waals surface area contributed by atoms with Gasteiger partial charge in [-0.2, -0.15) is 5.10 Å². The molecule has 0 atom stereocenters. The third-order valence-electron chi connectivity index (χ3n) is 4.66. The molecule has 0 amide bonds. The Hall–Kier alpha value is -2.48. The molecule has 2 aromatic rings. The first kappa shape index (κ1) is 21.2. The molecule has 3 rings (SSSR count). The van der Waals surface area contributed by atoms with Crippen LogP contribution in [0, 0.1) is 0 Å². The summed E-state index contributed by atoms with van der Waals surface area (Å²) in [5.74, 6) is 0.832. The number of hydrogen-bond acceptors (Lipinski definition) is 5. The van der Waals surface area contributed by atoms with Crippen LogP contribution in [0.1, 0.15) is 18.1 Å². The molecule has 29 heavy (non-hydrogen) atoms. The number of morpholine rings is 1. The van der Waals surface area contributed by atoms with Crippen LogP contribution in [-0.4, -0.2) is 55.1 Å². The van der Waals surface area contributed by atoms with E-state index < -0.39 is 0 Å². The maximum absolute atomic E-state index is 5.82. The van der Waals surface area contributed by atoms with Gasteiger partial charge in [-0.3, -0.25) is 10.3 Å². The minimum Gasteiger partial charge on any atom is -0.489 e.